The minimum atomic E-state index is -3.73. The van der Waals surface area contributed by atoms with Gasteiger partial charge in [-0.3, -0.25) is 0 Å². The Bertz CT molecular complexity index is 1100. The quantitative estimate of drug-likeness (QED) is 0.464. The molecule has 1 fully saturated rings. The van der Waals surface area contributed by atoms with Crippen molar-refractivity contribution in [2.45, 2.75) is 45.4 Å². The third-order valence-electron chi connectivity index (χ3n) is 5.82. The number of carbonyl (C=O) groups is 1. The molecule has 180 valence electrons. The molecule has 3 rings (SSSR count). The fraction of sp³-hybridized carbons (Fsp3) is 0.435. The van der Waals surface area contributed by atoms with Crippen molar-refractivity contribution in [3.05, 3.63) is 63.1 Å². The summed E-state index contributed by atoms with van der Waals surface area (Å²) in [5.74, 6) is -0.427. The smallest absolute Gasteiger partial charge is 0.405 e. The number of amides is 1. The number of halogens is 1. The lowest BCUT2D eigenvalue weighted by atomic mass is 10.1. The standard InChI is InChI=1S/C23H29BrN2O6S/c1-15-3-4-16(2)18(11-15)13-32-19-7-9-26(10-8-19)33(30,31)14-21(25-23(28)29)17-5-6-22(27)20(24)12-17/h3-6,11-12,19,21,25,27H,7-10,13-14H2,1-2H3,(H,28,29). The Balaban J connectivity index is 1.61. The second-order valence-corrected chi connectivity index (χ2v) is 11.2. The minimum Gasteiger partial charge on any atom is -0.507 e. The van der Waals surface area contributed by atoms with Crippen molar-refractivity contribution in [2.24, 2.45) is 0 Å². The number of aryl methyl sites for hydroxylation is 2. The number of nitrogens with one attached hydrogen (secondary N) is 1. The summed E-state index contributed by atoms with van der Waals surface area (Å²) in [4.78, 5) is 11.3. The monoisotopic (exact) mass is 540 g/mol. The lowest BCUT2D eigenvalue weighted by Crippen LogP contribution is -2.44. The average molecular weight is 541 g/mol. The van der Waals surface area contributed by atoms with E-state index in [1.807, 2.05) is 13.8 Å². The van der Waals surface area contributed by atoms with Crippen LogP contribution < -0.4 is 5.32 Å². The fourth-order valence-electron chi connectivity index (χ4n) is 3.87. The van der Waals surface area contributed by atoms with Gasteiger partial charge in [0.1, 0.15) is 5.75 Å². The van der Waals surface area contributed by atoms with Crippen LogP contribution in [0.4, 0.5) is 4.79 Å². The van der Waals surface area contributed by atoms with Gasteiger partial charge in [-0.2, -0.15) is 0 Å². The molecule has 2 aromatic carbocycles. The molecule has 1 saturated heterocycles. The van der Waals surface area contributed by atoms with E-state index < -0.39 is 27.9 Å². The van der Waals surface area contributed by atoms with Gasteiger partial charge in [-0.15, -0.1) is 0 Å². The largest absolute Gasteiger partial charge is 0.507 e. The SMILES string of the molecule is Cc1ccc(C)c(COC2CCN(S(=O)(=O)CC(NC(=O)O)c3ccc(O)c(Br)c3)CC2)c1. The van der Waals surface area contributed by atoms with Gasteiger partial charge in [0.05, 0.1) is 29.0 Å². The van der Waals surface area contributed by atoms with Gasteiger partial charge in [0.2, 0.25) is 10.0 Å². The van der Waals surface area contributed by atoms with E-state index in [0.717, 1.165) is 5.56 Å². The Morgan fingerprint density at radius 2 is 1.91 bits per heavy atom. The number of phenols is 1. The number of hydrogen-bond acceptors (Lipinski definition) is 5. The molecule has 1 heterocycles. The fourth-order valence-corrected chi connectivity index (χ4v) is 5.94. The first-order valence-electron chi connectivity index (χ1n) is 10.7. The van der Waals surface area contributed by atoms with Gasteiger partial charge in [0.15, 0.2) is 0 Å². The van der Waals surface area contributed by atoms with E-state index in [1.54, 1.807) is 0 Å². The van der Waals surface area contributed by atoms with Crippen molar-refractivity contribution in [3.8, 4) is 5.75 Å². The summed E-state index contributed by atoms with van der Waals surface area (Å²) in [6, 6.07) is 9.67. The molecule has 0 saturated carbocycles. The Hall–Kier alpha value is -2.14. The van der Waals surface area contributed by atoms with Crippen LogP contribution in [0.1, 0.15) is 41.1 Å². The summed E-state index contributed by atoms with van der Waals surface area (Å²) in [5, 5.41) is 21.2. The second kappa shape index (κ2) is 10.9. The summed E-state index contributed by atoms with van der Waals surface area (Å²) >= 11 is 3.18. The summed E-state index contributed by atoms with van der Waals surface area (Å²) in [7, 11) is -3.73. The molecular formula is C23H29BrN2O6S. The van der Waals surface area contributed by atoms with Gasteiger partial charge in [-0.25, -0.2) is 17.5 Å². The zero-order chi connectivity index (χ0) is 24.2. The molecule has 2 aromatic rings. The molecule has 1 atom stereocenters. The highest BCUT2D eigenvalue weighted by Crippen LogP contribution is 2.29. The van der Waals surface area contributed by atoms with E-state index in [2.05, 4.69) is 39.4 Å². The first-order valence-corrected chi connectivity index (χ1v) is 13.1. The van der Waals surface area contributed by atoms with E-state index in [-0.39, 0.29) is 11.9 Å². The zero-order valence-corrected chi connectivity index (χ0v) is 21.0. The molecule has 1 aliphatic rings. The normalized spacial score (nSPS) is 16.5. The topological polar surface area (TPSA) is 116 Å². The van der Waals surface area contributed by atoms with Crippen LogP contribution in [0.5, 0.6) is 5.75 Å². The van der Waals surface area contributed by atoms with Gasteiger partial charge >= 0.3 is 6.09 Å². The van der Waals surface area contributed by atoms with Crippen LogP contribution in [-0.4, -0.2) is 54.0 Å². The number of ether oxygens (including phenoxy) is 1. The maximum Gasteiger partial charge on any atom is 0.405 e. The second-order valence-electron chi connectivity index (χ2n) is 8.33. The Morgan fingerprint density at radius 3 is 2.55 bits per heavy atom. The molecule has 33 heavy (non-hydrogen) atoms. The predicted molar refractivity (Wildman–Crippen MR) is 129 cm³/mol. The van der Waals surface area contributed by atoms with Gasteiger partial charge < -0.3 is 20.3 Å². The summed E-state index contributed by atoms with van der Waals surface area (Å²) < 4.78 is 33.9. The van der Waals surface area contributed by atoms with Gasteiger partial charge in [-0.1, -0.05) is 29.8 Å². The number of nitrogens with zero attached hydrogens (tertiary/aromatic N) is 1. The van der Waals surface area contributed by atoms with Crippen molar-refractivity contribution >= 4 is 32.0 Å². The van der Waals surface area contributed by atoms with Crippen LogP contribution in [0.2, 0.25) is 0 Å². The van der Waals surface area contributed by atoms with E-state index in [0.29, 0.717) is 42.6 Å². The molecule has 0 spiro atoms. The molecule has 1 amide bonds. The van der Waals surface area contributed by atoms with E-state index >= 15 is 0 Å². The van der Waals surface area contributed by atoms with Gasteiger partial charge in [0, 0.05) is 13.1 Å². The Labute approximate surface area is 202 Å². The van der Waals surface area contributed by atoms with Gasteiger partial charge in [0.25, 0.3) is 0 Å². The van der Waals surface area contributed by atoms with Crippen molar-refractivity contribution in [2.75, 3.05) is 18.8 Å². The number of phenolic OH excluding ortho intramolecular Hbond substituents is 1. The van der Waals surface area contributed by atoms with E-state index in [9.17, 15) is 23.4 Å². The van der Waals surface area contributed by atoms with Crippen molar-refractivity contribution < 1.29 is 28.2 Å². The highest BCUT2D eigenvalue weighted by molar-refractivity contribution is 9.10. The van der Waals surface area contributed by atoms with E-state index in [4.69, 9.17) is 4.74 Å². The number of aromatic hydroxyl groups is 1. The summed E-state index contributed by atoms with van der Waals surface area (Å²) in [5.41, 5.74) is 3.91. The van der Waals surface area contributed by atoms with E-state index in [1.165, 1.54) is 33.6 Å². The molecule has 3 N–H and O–H groups in total. The number of sulfonamides is 1. The molecule has 1 unspecified atom stereocenters. The number of carboxylic acid groups (broad SMARTS) is 1. The van der Waals surface area contributed by atoms with Crippen molar-refractivity contribution in [1.29, 1.82) is 0 Å². The average Bonchev–Trinajstić information content (AvgIpc) is 2.75. The van der Waals surface area contributed by atoms with Crippen LogP contribution >= 0.6 is 15.9 Å². The molecule has 0 aliphatic carbocycles. The van der Waals surface area contributed by atoms with Crippen LogP contribution in [-0.2, 0) is 21.4 Å². The van der Waals surface area contributed by atoms with Crippen LogP contribution in [0.25, 0.3) is 0 Å². The Kier molecular flexibility index (Phi) is 8.38. The number of benzene rings is 2. The third-order valence-corrected chi connectivity index (χ3v) is 8.36. The van der Waals surface area contributed by atoms with Crippen LogP contribution in [0.15, 0.2) is 40.9 Å². The van der Waals surface area contributed by atoms with Gasteiger partial charge in [-0.05, 0) is 71.4 Å². The molecule has 8 nitrogen and oxygen atoms in total. The minimum absolute atomic E-state index is 0.0152. The van der Waals surface area contributed by atoms with Crippen LogP contribution in [0, 0.1) is 13.8 Å². The summed E-state index contributed by atoms with van der Waals surface area (Å²) in [6.07, 6.45) is -0.201. The predicted octanol–water partition coefficient (Wildman–Crippen LogP) is 4.09. The highest BCUT2D eigenvalue weighted by Gasteiger charge is 2.32. The molecule has 0 radical (unpaired) electrons. The number of rotatable bonds is 8. The van der Waals surface area contributed by atoms with Crippen molar-refractivity contribution in [3.63, 3.8) is 0 Å². The van der Waals surface area contributed by atoms with Crippen molar-refractivity contribution in [1.82, 2.24) is 9.62 Å². The third kappa shape index (κ3) is 6.92. The molecule has 0 aromatic heterocycles. The van der Waals surface area contributed by atoms with Crippen LogP contribution in [0.3, 0.4) is 0 Å². The summed E-state index contributed by atoms with van der Waals surface area (Å²) in [6.45, 7) is 5.21. The lowest BCUT2D eigenvalue weighted by Gasteiger charge is -2.32. The molecule has 1 aliphatic heterocycles. The zero-order valence-electron chi connectivity index (χ0n) is 18.6. The number of piperidine rings is 1. The first-order chi connectivity index (χ1) is 15.5. The number of hydrogen-bond donors (Lipinski definition) is 3. The maximum atomic E-state index is 13.1. The lowest BCUT2D eigenvalue weighted by molar-refractivity contribution is 0.00996. The molecular weight excluding hydrogens is 512 g/mol. The first kappa shape index (κ1) is 25.5. The molecule has 0 bridgehead atoms. The highest BCUT2D eigenvalue weighted by atomic mass is 79.9. The maximum absolute atomic E-state index is 13.1. The Morgan fingerprint density at radius 1 is 1.21 bits per heavy atom. The molecule has 10 heteroatoms.